The molecule has 110 valence electrons. The van der Waals surface area contributed by atoms with Crippen molar-refractivity contribution in [1.29, 1.82) is 0 Å². The predicted octanol–water partition coefficient (Wildman–Crippen LogP) is 2.37. The van der Waals surface area contributed by atoms with Crippen LogP contribution in [0.3, 0.4) is 0 Å². The molecule has 0 aliphatic heterocycles. The largest absolute Gasteiger partial charge is 0.465 e. The number of rotatable bonds is 3. The fourth-order valence-corrected chi connectivity index (χ4v) is 2.11. The third kappa shape index (κ3) is 2.94. The van der Waals surface area contributed by atoms with Crippen molar-refractivity contribution in [1.82, 2.24) is 9.97 Å². The number of anilines is 1. The van der Waals surface area contributed by atoms with E-state index in [0.717, 1.165) is 5.56 Å². The molecule has 1 amide bonds. The molecule has 0 saturated heterocycles. The van der Waals surface area contributed by atoms with Crippen molar-refractivity contribution in [2.24, 2.45) is 0 Å². The summed E-state index contributed by atoms with van der Waals surface area (Å²) < 4.78 is 4.72. The van der Waals surface area contributed by atoms with Gasteiger partial charge in [-0.05, 0) is 38.0 Å². The molecule has 2 rings (SSSR count). The first kappa shape index (κ1) is 14.8. The number of aromatic amines is 1. The van der Waals surface area contributed by atoms with Gasteiger partial charge in [0.15, 0.2) is 0 Å². The summed E-state index contributed by atoms with van der Waals surface area (Å²) in [5.74, 6) is -0.354. The summed E-state index contributed by atoms with van der Waals surface area (Å²) in [6, 6.07) is 3.58. The van der Waals surface area contributed by atoms with Gasteiger partial charge in [0.2, 0.25) is 0 Å². The number of carbonyl (C=O) groups excluding carboxylic acids is 2. The Morgan fingerprint density at radius 1 is 1.24 bits per heavy atom. The van der Waals surface area contributed by atoms with E-state index in [1.54, 1.807) is 26.1 Å². The molecule has 0 bridgehead atoms. The van der Waals surface area contributed by atoms with E-state index in [-0.39, 0.29) is 5.91 Å². The average Bonchev–Trinajstić information content (AvgIpc) is 2.76. The van der Waals surface area contributed by atoms with E-state index < -0.39 is 5.97 Å². The molecule has 0 saturated carbocycles. The molecule has 6 heteroatoms. The van der Waals surface area contributed by atoms with E-state index >= 15 is 0 Å². The number of carbonyl (C=O) groups is 2. The summed E-state index contributed by atoms with van der Waals surface area (Å²) in [5, 5.41) is 2.69. The Bertz CT molecular complexity index is 687. The summed E-state index contributed by atoms with van der Waals surface area (Å²) in [7, 11) is 1.31. The Balaban J connectivity index is 2.28. The van der Waals surface area contributed by atoms with Crippen LogP contribution >= 0.6 is 0 Å². The van der Waals surface area contributed by atoms with Crippen LogP contribution in [-0.4, -0.2) is 29.0 Å². The second-order valence-electron chi connectivity index (χ2n) is 4.79. The van der Waals surface area contributed by atoms with Gasteiger partial charge in [0, 0.05) is 11.9 Å². The molecule has 0 fully saturated rings. The van der Waals surface area contributed by atoms with Crippen molar-refractivity contribution in [2.75, 3.05) is 12.4 Å². The number of H-pyrrole nitrogens is 1. The Labute approximate surface area is 122 Å². The number of nitrogens with zero attached hydrogens (tertiary/aromatic N) is 1. The highest BCUT2D eigenvalue weighted by Crippen LogP contribution is 2.19. The molecule has 0 atom stereocenters. The molecule has 0 radical (unpaired) electrons. The fourth-order valence-electron chi connectivity index (χ4n) is 2.11. The van der Waals surface area contributed by atoms with E-state index in [2.05, 4.69) is 15.3 Å². The van der Waals surface area contributed by atoms with E-state index in [1.165, 1.54) is 7.11 Å². The topological polar surface area (TPSA) is 84.1 Å². The molecule has 0 spiro atoms. The molecule has 0 aliphatic rings. The number of pyridine rings is 1. The van der Waals surface area contributed by atoms with Crippen molar-refractivity contribution in [2.45, 2.75) is 20.8 Å². The second kappa shape index (κ2) is 5.78. The lowest BCUT2D eigenvalue weighted by Crippen LogP contribution is -2.15. The maximum absolute atomic E-state index is 12.3. The zero-order chi connectivity index (χ0) is 15.6. The van der Waals surface area contributed by atoms with Gasteiger partial charge in [-0.15, -0.1) is 0 Å². The number of hydrogen-bond acceptors (Lipinski definition) is 4. The zero-order valence-electron chi connectivity index (χ0n) is 12.4. The molecule has 0 aromatic carbocycles. The van der Waals surface area contributed by atoms with Gasteiger partial charge in [0.05, 0.1) is 12.7 Å². The minimum Gasteiger partial charge on any atom is -0.465 e. The van der Waals surface area contributed by atoms with Gasteiger partial charge in [0.1, 0.15) is 11.5 Å². The average molecular weight is 287 g/mol. The molecule has 2 aromatic heterocycles. The van der Waals surface area contributed by atoms with E-state index in [1.807, 2.05) is 13.0 Å². The normalized spacial score (nSPS) is 10.3. The van der Waals surface area contributed by atoms with Crippen LogP contribution in [0.15, 0.2) is 18.3 Å². The van der Waals surface area contributed by atoms with Gasteiger partial charge in [-0.2, -0.15) is 0 Å². The molecule has 2 N–H and O–H groups in total. The number of amides is 1. The van der Waals surface area contributed by atoms with E-state index in [9.17, 15) is 9.59 Å². The highest BCUT2D eigenvalue weighted by atomic mass is 16.5. The summed E-state index contributed by atoms with van der Waals surface area (Å²) >= 11 is 0. The van der Waals surface area contributed by atoms with Gasteiger partial charge in [0.25, 0.3) is 5.91 Å². The summed E-state index contributed by atoms with van der Waals surface area (Å²) in [6.07, 6.45) is 1.67. The summed E-state index contributed by atoms with van der Waals surface area (Å²) in [4.78, 5) is 31.0. The van der Waals surface area contributed by atoms with Gasteiger partial charge < -0.3 is 15.0 Å². The quantitative estimate of drug-likeness (QED) is 0.849. The number of esters is 1. The number of methoxy groups -OCH3 is 1. The molecule has 6 nitrogen and oxygen atoms in total. The molecule has 2 aromatic rings. The first-order valence-electron chi connectivity index (χ1n) is 6.45. The van der Waals surface area contributed by atoms with E-state index in [0.29, 0.717) is 28.3 Å². The number of nitrogens with one attached hydrogen (secondary N) is 2. The molecule has 2 heterocycles. The SMILES string of the molecule is COC(=O)c1c(C)[nH]c(C(=O)Nc2ccc(C)cn2)c1C. The third-order valence-corrected chi connectivity index (χ3v) is 3.21. The third-order valence-electron chi connectivity index (χ3n) is 3.21. The Hall–Kier alpha value is -2.63. The second-order valence-corrected chi connectivity index (χ2v) is 4.79. The summed E-state index contributed by atoms with van der Waals surface area (Å²) in [6.45, 7) is 5.34. The van der Waals surface area contributed by atoms with Crippen LogP contribution < -0.4 is 5.32 Å². The minimum atomic E-state index is -0.464. The molecular weight excluding hydrogens is 270 g/mol. The maximum atomic E-state index is 12.3. The molecule has 0 unspecified atom stereocenters. The maximum Gasteiger partial charge on any atom is 0.339 e. The van der Waals surface area contributed by atoms with Crippen LogP contribution in [0.4, 0.5) is 5.82 Å². The standard InChI is InChI=1S/C15H17N3O3/c1-8-5-6-11(16-7-8)18-14(19)13-9(2)12(10(3)17-13)15(20)21-4/h5-7,17H,1-4H3,(H,16,18,19). The zero-order valence-corrected chi connectivity index (χ0v) is 12.4. The number of aromatic nitrogens is 2. The van der Waals surface area contributed by atoms with Crippen LogP contribution in [0.25, 0.3) is 0 Å². The van der Waals surface area contributed by atoms with Crippen molar-refractivity contribution < 1.29 is 14.3 Å². The monoisotopic (exact) mass is 287 g/mol. The van der Waals surface area contributed by atoms with Crippen molar-refractivity contribution in [3.63, 3.8) is 0 Å². The first-order chi connectivity index (χ1) is 9.93. The van der Waals surface area contributed by atoms with Crippen molar-refractivity contribution >= 4 is 17.7 Å². The smallest absolute Gasteiger partial charge is 0.339 e. The lowest BCUT2D eigenvalue weighted by Gasteiger charge is -2.04. The number of hydrogen-bond donors (Lipinski definition) is 2. The Kier molecular flexibility index (Phi) is 4.07. The van der Waals surface area contributed by atoms with Crippen molar-refractivity contribution in [3.8, 4) is 0 Å². The number of aryl methyl sites for hydroxylation is 2. The van der Waals surface area contributed by atoms with E-state index in [4.69, 9.17) is 4.74 Å². The highest BCUT2D eigenvalue weighted by Gasteiger charge is 2.22. The molecular formula is C15H17N3O3. The van der Waals surface area contributed by atoms with Crippen LogP contribution in [0.5, 0.6) is 0 Å². The Morgan fingerprint density at radius 2 is 1.95 bits per heavy atom. The van der Waals surface area contributed by atoms with Crippen LogP contribution in [0, 0.1) is 20.8 Å². The Morgan fingerprint density at radius 3 is 2.52 bits per heavy atom. The van der Waals surface area contributed by atoms with Gasteiger partial charge in [-0.25, -0.2) is 9.78 Å². The van der Waals surface area contributed by atoms with Gasteiger partial charge in [-0.1, -0.05) is 6.07 Å². The lowest BCUT2D eigenvalue weighted by atomic mass is 10.1. The van der Waals surface area contributed by atoms with Gasteiger partial charge >= 0.3 is 5.97 Å². The highest BCUT2D eigenvalue weighted by molar-refractivity contribution is 6.06. The fraction of sp³-hybridized carbons (Fsp3) is 0.267. The number of ether oxygens (including phenoxy) is 1. The van der Waals surface area contributed by atoms with Crippen LogP contribution in [0.1, 0.15) is 37.7 Å². The van der Waals surface area contributed by atoms with Crippen LogP contribution in [0.2, 0.25) is 0 Å². The lowest BCUT2D eigenvalue weighted by molar-refractivity contribution is 0.0599. The minimum absolute atomic E-state index is 0.329. The van der Waals surface area contributed by atoms with Gasteiger partial charge in [-0.3, -0.25) is 4.79 Å². The predicted molar refractivity (Wildman–Crippen MR) is 78.5 cm³/mol. The molecule has 21 heavy (non-hydrogen) atoms. The summed E-state index contributed by atoms with van der Waals surface area (Å²) in [5.41, 5.74) is 2.88. The van der Waals surface area contributed by atoms with Crippen LogP contribution in [-0.2, 0) is 4.74 Å². The van der Waals surface area contributed by atoms with Crippen molar-refractivity contribution in [3.05, 3.63) is 46.4 Å². The first-order valence-corrected chi connectivity index (χ1v) is 6.45. The molecule has 0 aliphatic carbocycles.